The van der Waals surface area contributed by atoms with Crippen LogP contribution in [0.25, 0.3) is 21.7 Å². The van der Waals surface area contributed by atoms with E-state index in [0.29, 0.717) is 27.5 Å². The second kappa shape index (κ2) is 7.01. The first kappa shape index (κ1) is 20.9. The third-order valence-electron chi connectivity index (χ3n) is 5.75. The Morgan fingerprint density at radius 2 is 1.91 bits per heavy atom. The van der Waals surface area contributed by atoms with E-state index in [4.69, 9.17) is 9.15 Å². The SMILES string of the molecule is COc1ccc2cn(C[C@@]3(c4cc5cc(S(C)(=O)=O)ccc5o4)NC(=O)NC3=O)c(O)c2c1. The highest BCUT2D eigenvalue weighted by Gasteiger charge is 2.51. The number of hydrogen-bond donors (Lipinski definition) is 3. The zero-order valence-electron chi connectivity index (χ0n) is 17.6. The van der Waals surface area contributed by atoms with Crippen molar-refractivity contribution in [2.45, 2.75) is 17.0 Å². The van der Waals surface area contributed by atoms with E-state index in [1.165, 1.54) is 35.9 Å². The summed E-state index contributed by atoms with van der Waals surface area (Å²) < 4.78 is 36.4. The van der Waals surface area contributed by atoms with Gasteiger partial charge in [0.25, 0.3) is 5.91 Å². The Labute approximate surface area is 187 Å². The van der Waals surface area contributed by atoms with E-state index >= 15 is 0 Å². The number of urea groups is 1. The minimum absolute atomic E-state index is 0.0968. The Kier molecular flexibility index (Phi) is 4.43. The number of methoxy groups -OCH3 is 1. The van der Waals surface area contributed by atoms with E-state index in [2.05, 4.69) is 10.6 Å². The first-order valence-electron chi connectivity index (χ1n) is 9.84. The number of fused-ring (bicyclic) bond motifs is 2. The van der Waals surface area contributed by atoms with Crippen LogP contribution in [0, 0.1) is 0 Å². The van der Waals surface area contributed by atoms with E-state index < -0.39 is 27.3 Å². The van der Waals surface area contributed by atoms with Gasteiger partial charge in [0.05, 0.1) is 18.6 Å². The Morgan fingerprint density at radius 1 is 1.12 bits per heavy atom. The zero-order valence-corrected chi connectivity index (χ0v) is 18.4. The van der Waals surface area contributed by atoms with E-state index in [1.807, 2.05) is 0 Å². The molecule has 0 aliphatic carbocycles. The number of furan rings is 1. The van der Waals surface area contributed by atoms with Gasteiger partial charge in [0.2, 0.25) is 0 Å². The van der Waals surface area contributed by atoms with E-state index in [1.54, 1.807) is 24.4 Å². The molecule has 0 saturated carbocycles. The fourth-order valence-corrected chi connectivity index (χ4v) is 4.70. The molecule has 11 heteroatoms. The number of nitrogens with zero attached hydrogens (tertiary/aromatic N) is 1. The predicted octanol–water partition coefficient (Wildman–Crippen LogP) is 2.24. The Hall–Kier alpha value is -3.99. The summed E-state index contributed by atoms with van der Waals surface area (Å²) in [4.78, 5) is 25.2. The minimum atomic E-state index is -3.45. The van der Waals surface area contributed by atoms with Crippen LogP contribution in [0.3, 0.4) is 0 Å². The average molecular weight is 469 g/mol. The van der Waals surface area contributed by atoms with E-state index in [0.717, 1.165) is 6.26 Å². The van der Waals surface area contributed by atoms with Crippen molar-refractivity contribution in [1.82, 2.24) is 15.2 Å². The molecule has 170 valence electrons. The van der Waals surface area contributed by atoms with Crippen molar-refractivity contribution in [3.8, 4) is 11.6 Å². The Balaban J connectivity index is 1.65. The molecule has 5 rings (SSSR count). The Bertz CT molecular complexity index is 1570. The standard InChI is InChI=1S/C22H19N3O7S/c1-31-14-4-3-12-10-25(19(26)16(12)9-14)11-22(20(27)23-21(28)24-22)18-8-13-7-15(33(2,29)30)5-6-17(13)32-18/h3-10,26H,11H2,1-2H3,(H2,23,24,27,28)/t22-/m0/s1. The topological polar surface area (TPSA) is 140 Å². The van der Waals surface area contributed by atoms with Crippen LogP contribution >= 0.6 is 0 Å². The van der Waals surface area contributed by atoms with Crippen LogP contribution in [0.5, 0.6) is 11.6 Å². The lowest BCUT2D eigenvalue weighted by Crippen LogP contribution is -2.47. The normalized spacial score (nSPS) is 18.6. The van der Waals surface area contributed by atoms with Gasteiger partial charge in [-0.05, 0) is 42.5 Å². The number of ether oxygens (including phenoxy) is 1. The molecule has 1 aliphatic rings. The summed E-state index contributed by atoms with van der Waals surface area (Å²) in [6.07, 6.45) is 2.74. The lowest BCUT2D eigenvalue weighted by atomic mass is 9.96. The molecule has 0 spiro atoms. The van der Waals surface area contributed by atoms with Crippen LogP contribution < -0.4 is 15.4 Å². The number of carbonyl (C=O) groups is 2. The number of aromatic hydroxyl groups is 1. The maximum absolute atomic E-state index is 13.0. The first-order valence-corrected chi connectivity index (χ1v) is 11.7. The maximum Gasteiger partial charge on any atom is 0.322 e. The number of rotatable bonds is 5. The number of hydrogen-bond acceptors (Lipinski definition) is 7. The number of amides is 3. The minimum Gasteiger partial charge on any atom is -0.497 e. The lowest BCUT2D eigenvalue weighted by Gasteiger charge is -2.24. The van der Waals surface area contributed by atoms with Crippen LogP contribution in [-0.2, 0) is 26.7 Å². The highest BCUT2D eigenvalue weighted by Crippen LogP contribution is 2.37. The van der Waals surface area contributed by atoms with Crippen LogP contribution in [0.4, 0.5) is 4.79 Å². The van der Waals surface area contributed by atoms with Crippen molar-refractivity contribution in [3.05, 3.63) is 54.4 Å². The van der Waals surface area contributed by atoms with Crippen molar-refractivity contribution in [3.63, 3.8) is 0 Å². The third kappa shape index (κ3) is 3.28. The van der Waals surface area contributed by atoms with E-state index in [9.17, 15) is 23.1 Å². The summed E-state index contributed by atoms with van der Waals surface area (Å²) in [7, 11) is -1.94. The molecule has 1 saturated heterocycles. The van der Waals surface area contributed by atoms with Gasteiger partial charge in [-0.25, -0.2) is 13.2 Å². The number of benzene rings is 2. The molecular weight excluding hydrogens is 450 g/mol. The monoisotopic (exact) mass is 469 g/mol. The van der Waals surface area contributed by atoms with Gasteiger partial charge >= 0.3 is 6.03 Å². The van der Waals surface area contributed by atoms with Gasteiger partial charge in [-0.2, -0.15) is 0 Å². The summed E-state index contributed by atoms with van der Waals surface area (Å²) in [6.45, 7) is -0.174. The smallest absolute Gasteiger partial charge is 0.322 e. The zero-order chi connectivity index (χ0) is 23.5. The van der Waals surface area contributed by atoms with Gasteiger partial charge in [0.15, 0.2) is 21.3 Å². The number of nitrogens with one attached hydrogen (secondary N) is 2. The van der Waals surface area contributed by atoms with Crippen molar-refractivity contribution >= 4 is 43.5 Å². The molecule has 33 heavy (non-hydrogen) atoms. The fraction of sp³-hybridized carbons (Fsp3) is 0.182. The number of aromatic nitrogens is 1. The Morgan fingerprint density at radius 3 is 2.58 bits per heavy atom. The highest BCUT2D eigenvalue weighted by molar-refractivity contribution is 7.90. The van der Waals surface area contributed by atoms with Gasteiger partial charge in [-0.1, -0.05) is 0 Å². The number of imide groups is 1. The van der Waals surface area contributed by atoms with Gasteiger partial charge in [0.1, 0.15) is 17.1 Å². The molecule has 1 atom stereocenters. The molecular formula is C22H19N3O7S. The summed E-state index contributed by atoms with van der Waals surface area (Å²) in [5.74, 6) is -0.130. The molecule has 1 fully saturated rings. The molecule has 3 heterocycles. The first-order chi connectivity index (χ1) is 15.6. The summed E-state index contributed by atoms with van der Waals surface area (Å²) in [6, 6.07) is 10.3. The third-order valence-corrected chi connectivity index (χ3v) is 6.86. The van der Waals surface area contributed by atoms with Crippen LogP contribution in [0.15, 0.2) is 58.0 Å². The quantitative estimate of drug-likeness (QED) is 0.381. The van der Waals surface area contributed by atoms with Crippen LogP contribution in [-0.4, -0.2) is 43.4 Å². The fourth-order valence-electron chi connectivity index (χ4n) is 4.05. The van der Waals surface area contributed by atoms with E-state index in [-0.39, 0.29) is 23.1 Å². The molecule has 0 unspecified atom stereocenters. The van der Waals surface area contributed by atoms with Gasteiger partial charge < -0.3 is 24.1 Å². The molecule has 2 aromatic carbocycles. The largest absolute Gasteiger partial charge is 0.497 e. The van der Waals surface area contributed by atoms with Crippen molar-refractivity contribution in [2.75, 3.05) is 13.4 Å². The summed E-state index contributed by atoms with van der Waals surface area (Å²) in [5, 5.41) is 17.3. The molecule has 4 aromatic rings. The molecule has 1 aliphatic heterocycles. The van der Waals surface area contributed by atoms with Crippen LogP contribution in [0.1, 0.15) is 5.76 Å². The average Bonchev–Trinajstić information content (AvgIpc) is 3.41. The van der Waals surface area contributed by atoms with Crippen LogP contribution in [0.2, 0.25) is 0 Å². The van der Waals surface area contributed by atoms with Gasteiger partial charge in [0, 0.05) is 28.6 Å². The number of sulfone groups is 1. The second-order valence-electron chi connectivity index (χ2n) is 7.93. The lowest BCUT2D eigenvalue weighted by molar-refractivity contribution is -0.125. The van der Waals surface area contributed by atoms with Gasteiger partial charge in [-0.15, -0.1) is 0 Å². The van der Waals surface area contributed by atoms with Crippen molar-refractivity contribution in [1.29, 1.82) is 0 Å². The second-order valence-corrected chi connectivity index (χ2v) is 9.95. The molecule has 0 bridgehead atoms. The van der Waals surface area contributed by atoms with Crippen molar-refractivity contribution in [2.24, 2.45) is 0 Å². The highest BCUT2D eigenvalue weighted by atomic mass is 32.2. The molecule has 0 radical (unpaired) electrons. The predicted molar refractivity (Wildman–Crippen MR) is 118 cm³/mol. The molecule has 2 aromatic heterocycles. The number of carbonyl (C=O) groups excluding carboxylic acids is 2. The molecule has 3 N–H and O–H groups in total. The maximum atomic E-state index is 13.0. The van der Waals surface area contributed by atoms with Gasteiger partial charge in [-0.3, -0.25) is 10.1 Å². The molecule has 10 nitrogen and oxygen atoms in total. The summed E-state index contributed by atoms with van der Waals surface area (Å²) in [5.41, 5.74) is -1.32. The summed E-state index contributed by atoms with van der Waals surface area (Å²) >= 11 is 0. The molecule has 3 amide bonds. The van der Waals surface area contributed by atoms with Crippen molar-refractivity contribution < 1.29 is 32.3 Å².